The van der Waals surface area contributed by atoms with E-state index in [4.69, 9.17) is 9.51 Å². The highest BCUT2D eigenvalue weighted by Gasteiger charge is 2.30. The van der Waals surface area contributed by atoms with Crippen molar-refractivity contribution in [3.8, 4) is 11.3 Å². The SMILES string of the molecule is CC(C)c1noc(C(C)Sc2ncc(-c3ccccc3)n2C2CC2)n1. The molecule has 1 aromatic carbocycles. The number of imidazole rings is 1. The molecule has 0 amide bonds. The molecule has 4 rings (SSSR count). The summed E-state index contributed by atoms with van der Waals surface area (Å²) in [7, 11) is 0. The van der Waals surface area contributed by atoms with Gasteiger partial charge >= 0.3 is 0 Å². The van der Waals surface area contributed by atoms with E-state index >= 15 is 0 Å². The van der Waals surface area contributed by atoms with E-state index in [0.717, 1.165) is 11.0 Å². The summed E-state index contributed by atoms with van der Waals surface area (Å²) in [5.41, 5.74) is 2.40. The first-order chi connectivity index (χ1) is 12.1. The zero-order valence-electron chi connectivity index (χ0n) is 14.7. The van der Waals surface area contributed by atoms with Gasteiger partial charge < -0.3 is 9.09 Å². The second-order valence-electron chi connectivity index (χ2n) is 6.80. The molecule has 2 aromatic heterocycles. The van der Waals surface area contributed by atoms with Crippen LogP contribution in [0.3, 0.4) is 0 Å². The van der Waals surface area contributed by atoms with Crippen LogP contribution in [0.25, 0.3) is 11.3 Å². The molecule has 0 N–H and O–H groups in total. The van der Waals surface area contributed by atoms with Crippen LogP contribution in [-0.4, -0.2) is 19.7 Å². The van der Waals surface area contributed by atoms with Crippen molar-refractivity contribution < 1.29 is 4.52 Å². The fraction of sp³-hybridized carbons (Fsp3) is 0.421. The van der Waals surface area contributed by atoms with E-state index in [1.165, 1.54) is 24.1 Å². The topological polar surface area (TPSA) is 56.7 Å². The van der Waals surface area contributed by atoms with Gasteiger partial charge in [-0.25, -0.2) is 4.98 Å². The number of benzene rings is 1. The van der Waals surface area contributed by atoms with E-state index in [2.05, 4.69) is 59.7 Å². The fourth-order valence-electron chi connectivity index (χ4n) is 2.79. The monoisotopic (exact) mass is 354 g/mol. The summed E-state index contributed by atoms with van der Waals surface area (Å²) in [6.45, 7) is 6.23. The normalized spacial score (nSPS) is 15.7. The molecule has 0 radical (unpaired) electrons. The maximum absolute atomic E-state index is 5.45. The van der Waals surface area contributed by atoms with Gasteiger partial charge in [-0.05, 0) is 25.3 Å². The Labute approximate surface area is 151 Å². The predicted molar refractivity (Wildman–Crippen MR) is 98.6 cm³/mol. The second-order valence-corrected chi connectivity index (χ2v) is 8.11. The van der Waals surface area contributed by atoms with Gasteiger partial charge in [0, 0.05) is 12.0 Å². The summed E-state index contributed by atoms with van der Waals surface area (Å²) in [5, 5.41) is 5.17. The van der Waals surface area contributed by atoms with Crippen LogP contribution in [0, 0.1) is 0 Å². The van der Waals surface area contributed by atoms with Gasteiger partial charge in [0.1, 0.15) is 0 Å². The third kappa shape index (κ3) is 3.35. The molecule has 1 aliphatic rings. The minimum atomic E-state index is 0.0727. The van der Waals surface area contributed by atoms with Gasteiger partial charge in [0.05, 0.1) is 17.1 Å². The van der Waals surface area contributed by atoms with Crippen LogP contribution >= 0.6 is 11.8 Å². The zero-order valence-corrected chi connectivity index (χ0v) is 15.5. The molecule has 5 nitrogen and oxygen atoms in total. The Balaban J connectivity index is 1.61. The van der Waals surface area contributed by atoms with Crippen molar-refractivity contribution in [2.24, 2.45) is 0 Å². The molecule has 1 atom stereocenters. The van der Waals surface area contributed by atoms with E-state index in [0.29, 0.717) is 11.9 Å². The Morgan fingerprint density at radius 1 is 1.16 bits per heavy atom. The van der Waals surface area contributed by atoms with Crippen molar-refractivity contribution in [2.75, 3.05) is 0 Å². The van der Waals surface area contributed by atoms with E-state index in [1.807, 2.05) is 12.3 Å². The molecular weight excluding hydrogens is 332 g/mol. The van der Waals surface area contributed by atoms with E-state index in [9.17, 15) is 0 Å². The third-order valence-corrected chi connectivity index (χ3v) is 5.42. The van der Waals surface area contributed by atoms with Crippen molar-refractivity contribution in [3.63, 3.8) is 0 Å². The first-order valence-corrected chi connectivity index (χ1v) is 9.64. The van der Waals surface area contributed by atoms with Gasteiger partial charge in [0.15, 0.2) is 11.0 Å². The lowest BCUT2D eigenvalue weighted by Gasteiger charge is -2.12. The van der Waals surface area contributed by atoms with Crippen molar-refractivity contribution in [1.82, 2.24) is 19.7 Å². The molecule has 6 heteroatoms. The minimum absolute atomic E-state index is 0.0727. The lowest BCUT2D eigenvalue weighted by atomic mass is 10.2. The number of hydrogen-bond donors (Lipinski definition) is 0. The van der Waals surface area contributed by atoms with E-state index < -0.39 is 0 Å². The lowest BCUT2D eigenvalue weighted by molar-refractivity contribution is 0.373. The maximum Gasteiger partial charge on any atom is 0.239 e. The molecule has 3 aromatic rings. The van der Waals surface area contributed by atoms with Gasteiger partial charge in [-0.3, -0.25) is 0 Å². The van der Waals surface area contributed by atoms with E-state index in [1.54, 1.807) is 11.8 Å². The lowest BCUT2D eigenvalue weighted by Crippen LogP contribution is -2.01. The summed E-state index contributed by atoms with van der Waals surface area (Å²) in [4.78, 5) is 9.22. The van der Waals surface area contributed by atoms with Crippen molar-refractivity contribution in [1.29, 1.82) is 0 Å². The smallest absolute Gasteiger partial charge is 0.239 e. The van der Waals surface area contributed by atoms with Gasteiger partial charge in [-0.2, -0.15) is 4.98 Å². The van der Waals surface area contributed by atoms with Crippen LogP contribution in [0.5, 0.6) is 0 Å². The third-order valence-electron chi connectivity index (χ3n) is 4.35. The predicted octanol–water partition coefficient (Wildman–Crippen LogP) is 5.24. The van der Waals surface area contributed by atoms with Crippen LogP contribution < -0.4 is 0 Å². The van der Waals surface area contributed by atoms with Gasteiger partial charge in [-0.1, -0.05) is 61.1 Å². The van der Waals surface area contributed by atoms with Gasteiger partial charge in [0.2, 0.25) is 5.89 Å². The average molecular weight is 354 g/mol. The largest absolute Gasteiger partial charge is 0.338 e. The quantitative estimate of drug-likeness (QED) is 0.566. The molecule has 1 fully saturated rings. The highest BCUT2D eigenvalue weighted by Crippen LogP contribution is 2.44. The Hall–Kier alpha value is -2.08. The van der Waals surface area contributed by atoms with Crippen molar-refractivity contribution >= 4 is 11.8 Å². The van der Waals surface area contributed by atoms with Crippen molar-refractivity contribution in [2.45, 2.75) is 56.0 Å². The molecule has 0 spiro atoms. The summed E-state index contributed by atoms with van der Waals surface area (Å²) in [5.74, 6) is 1.70. The number of thioether (sulfide) groups is 1. The Kier molecular flexibility index (Phi) is 4.37. The standard InChI is InChI=1S/C19H22N4OS/c1-12(2)17-21-18(24-22-17)13(3)25-19-20-11-16(23(19)15-9-10-15)14-7-5-4-6-8-14/h4-8,11-13,15H,9-10H2,1-3H3. The van der Waals surface area contributed by atoms with Crippen LogP contribution in [-0.2, 0) is 0 Å². The Morgan fingerprint density at radius 2 is 1.92 bits per heavy atom. The molecule has 130 valence electrons. The summed E-state index contributed by atoms with van der Waals surface area (Å²) in [6, 6.07) is 11.0. The maximum atomic E-state index is 5.45. The summed E-state index contributed by atoms with van der Waals surface area (Å²) < 4.78 is 7.82. The molecule has 0 aliphatic heterocycles. The van der Waals surface area contributed by atoms with Crippen LogP contribution in [0.1, 0.15) is 62.5 Å². The Bertz CT molecular complexity index is 851. The van der Waals surface area contributed by atoms with Gasteiger partial charge in [-0.15, -0.1) is 0 Å². The highest BCUT2D eigenvalue weighted by atomic mass is 32.2. The molecule has 25 heavy (non-hydrogen) atoms. The van der Waals surface area contributed by atoms with Gasteiger partial charge in [0.25, 0.3) is 0 Å². The van der Waals surface area contributed by atoms with Crippen LogP contribution in [0.4, 0.5) is 0 Å². The number of nitrogens with zero attached hydrogens (tertiary/aromatic N) is 4. The highest BCUT2D eigenvalue weighted by molar-refractivity contribution is 7.99. The summed E-state index contributed by atoms with van der Waals surface area (Å²) >= 11 is 1.69. The number of aromatic nitrogens is 4. The molecule has 1 saturated carbocycles. The van der Waals surface area contributed by atoms with Crippen LogP contribution in [0.2, 0.25) is 0 Å². The molecule has 1 unspecified atom stereocenters. The Morgan fingerprint density at radius 3 is 2.56 bits per heavy atom. The van der Waals surface area contributed by atoms with Crippen LogP contribution in [0.15, 0.2) is 46.2 Å². The van der Waals surface area contributed by atoms with Crippen molar-refractivity contribution in [3.05, 3.63) is 48.2 Å². The first kappa shape index (κ1) is 16.4. The second kappa shape index (κ2) is 6.67. The molecule has 1 aliphatic carbocycles. The number of hydrogen-bond acceptors (Lipinski definition) is 5. The number of rotatable bonds is 6. The van der Waals surface area contributed by atoms with E-state index in [-0.39, 0.29) is 11.2 Å². The molecule has 0 saturated heterocycles. The molecule has 2 heterocycles. The first-order valence-electron chi connectivity index (χ1n) is 8.76. The fourth-order valence-corrected chi connectivity index (χ4v) is 3.78. The average Bonchev–Trinajstić information content (AvgIpc) is 3.17. The minimum Gasteiger partial charge on any atom is -0.338 e. The summed E-state index contributed by atoms with van der Waals surface area (Å²) in [6.07, 6.45) is 4.42. The zero-order chi connectivity index (χ0) is 17.4. The molecule has 0 bridgehead atoms. The molecular formula is C19H22N4OS.